The van der Waals surface area contributed by atoms with Crippen molar-refractivity contribution in [1.82, 2.24) is 15.4 Å². The van der Waals surface area contributed by atoms with E-state index in [1.807, 2.05) is 7.05 Å². The number of rotatable bonds is 4. The van der Waals surface area contributed by atoms with E-state index >= 15 is 0 Å². The molecule has 1 N–H and O–H groups in total. The van der Waals surface area contributed by atoms with E-state index in [0.29, 0.717) is 6.04 Å². The van der Waals surface area contributed by atoms with E-state index in [1.54, 1.807) is 0 Å². The summed E-state index contributed by atoms with van der Waals surface area (Å²) >= 11 is 0. The van der Waals surface area contributed by atoms with E-state index in [0.717, 1.165) is 42.9 Å². The normalized spacial score (nSPS) is 29.7. The van der Waals surface area contributed by atoms with E-state index in [4.69, 9.17) is 4.52 Å². The molecule has 0 aromatic carbocycles. The highest BCUT2D eigenvalue weighted by Gasteiger charge is 2.29. The Morgan fingerprint density at radius 2 is 2.22 bits per heavy atom. The van der Waals surface area contributed by atoms with Gasteiger partial charge in [0.1, 0.15) is 0 Å². The molecule has 3 unspecified atom stereocenters. The Labute approximate surface area is 110 Å². The molecular weight excluding hydrogens is 226 g/mol. The second-order valence-corrected chi connectivity index (χ2v) is 5.80. The smallest absolute Gasteiger partial charge is 0.151 e. The lowest BCUT2D eigenvalue weighted by Gasteiger charge is -2.40. The molecule has 18 heavy (non-hydrogen) atoms. The van der Waals surface area contributed by atoms with Crippen LogP contribution in [-0.2, 0) is 13.1 Å². The quantitative estimate of drug-likeness (QED) is 0.891. The molecule has 3 atom stereocenters. The van der Waals surface area contributed by atoms with Crippen LogP contribution >= 0.6 is 0 Å². The van der Waals surface area contributed by atoms with Crippen molar-refractivity contribution in [2.24, 2.45) is 11.8 Å². The molecule has 2 rings (SSSR count). The molecule has 1 aromatic rings. The first-order chi connectivity index (χ1) is 8.60. The van der Waals surface area contributed by atoms with Gasteiger partial charge in [-0.05, 0) is 32.2 Å². The topological polar surface area (TPSA) is 41.3 Å². The molecule has 0 saturated carbocycles. The van der Waals surface area contributed by atoms with Gasteiger partial charge < -0.3 is 9.84 Å². The minimum atomic E-state index is 0.624. The Morgan fingerprint density at radius 1 is 1.44 bits per heavy atom. The molecule has 0 spiro atoms. The summed E-state index contributed by atoms with van der Waals surface area (Å²) in [5.41, 5.74) is 0.984. The van der Waals surface area contributed by atoms with Crippen LogP contribution in [0, 0.1) is 11.8 Å². The van der Waals surface area contributed by atoms with Crippen molar-refractivity contribution in [3.8, 4) is 0 Å². The minimum absolute atomic E-state index is 0.624. The van der Waals surface area contributed by atoms with Gasteiger partial charge in [-0.25, -0.2) is 0 Å². The fraction of sp³-hybridized carbons (Fsp3) is 0.786. The van der Waals surface area contributed by atoms with Gasteiger partial charge in [-0.3, -0.25) is 4.90 Å². The lowest BCUT2D eigenvalue weighted by Crippen LogP contribution is -2.45. The van der Waals surface area contributed by atoms with Gasteiger partial charge in [0, 0.05) is 25.2 Å². The van der Waals surface area contributed by atoms with Crippen LogP contribution in [0.15, 0.2) is 10.6 Å². The first kappa shape index (κ1) is 13.6. The number of hydrogen-bond acceptors (Lipinski definition) is 4. The molecule has 0 radical (unpaired) electrons. The van der Waals surface area contributed by atoms with Crippen molar-refractivity contribution in [2.75, 3.05) is 13.6 Å². The Morgan fingerprint density at radius 3 is 2.94 bits per heavy atom. The molecule has 0 aliphatic carbocycles. The fourth-order valence-corrected chi connectivity index (χ4v) is 2.94. The zero-order valence-electron chi connectivity index (χ0n) is 11.9. The van der Waals surface area contributed by atoms with Crippen LogP contribution in [0.4, 0.5) is 0 Å². The highest BCUT2D eigenvalue weighted by atomic mass is 16.5. The van der Waals surface area contributed by atoms with Gasteiger partial charge in [-0.1, -0.05) is 19.0 Å². The summed E-state index contributed by atoms with van der Waals surface area (Å²) in [6, 6.07) is 2.69. The summed E-state index contributed by atoms with van der Waals surface area (Å²) in [6.07, 6.45) is 1.33. The Balaban J connectivity index is 1.98. The summed E-state index contributed by atoms with van der Waals surface area (Å²) in [7, 11) is 1.92. The lowest BCUT2D eigenvalue weighted by atomic mass is 9.86. The van der Waals surface area contributed by atoms with E-state index in [2.05, 4.69) is 42.2 Å². The Hall–Kier alpha value is -0.870. The van der Waals surface area contributed by atoms with Crippen molar-refractivity contribution in [3.63, 3.8) is 0 Å². The van der Waals surface area contributed by atoms with Gasteiger partial charge in [-0.2, -0.15) is 0 Å². The zero-order chi connectivity index (χ0) is 13.1. The minimum Gasteiger partial charge on any atom is -0.360 e. The van der Waals surface area contributed by atoms with Gasteiger partial charge in [0.25, 0.3) is 0 Å². The third-order valence-electron chi connectivity index (χ3n) is 4.04. The summed E-state index contributed by atoms with van der Waals surface area (Å²) in [5.74, 6) is 2.51. The van der Waals surface area contributed by atoms with Crippen molar-refractivity contribution < 1.29 is 4.52 Å². The molecule has 1 saturated heterocycles. The van der Waals surface area contributed by atoms with Crippen LogP contribution in [0.5, 0.6) is 0 Å². The van der Waals surface area contributed by atoms with Gasteiger partial charge in [0.15, 0.2) is 5.76 Å². The molecule has 0 amide bonds. The molecule has 1 aromatic heterocycles. The van der Waals surface area contributed by atoms with Crippen LogP contribution in [0.3, 0.4) is 0 Å². The van der Waals surface area contributed by atoms with E-state index in [9.17, 15) is 0 Å². The number of piperidine rings is 1. The molecule has 4 heteroatoms. The van der Waals surface area contributed by atoms with Crippen molar-refractivity contribution >= 4 is 0 Å². The molecule has 2 heterocycles. The standard InChI is InChI=1S/C14H25N3O/c1-10-5-11(2)12(3)17(8-10)9-14-6-13(7-15-4)16-18-14/h6,10-12,15H,5,7-9H2,1-4H3. The molecule has 0 bridgehead atoms. The summed E-state index contributed by atoms with van der Waals surface area (Å²) in [5, 5.41) is 7.16. The van der Waals surface area contributed by atoms with Crippen LogP contribution in [0.1, 0.15) is 38.6 Å². The Kier molecular flexibility index (Phi) is 4.40. The molecule has 4 nitrogen and oxygen atoms in total. The molecule has 102 valence electrons. The fourth-order valence-electron chi connectivity index (χ4n) is 2.94. The van der Waals surface area contributed by atoms with Crippen LogP contribution < -0.4 is 5.32 Å². The Bertz CT molecular complexity index is 377. The van der Waals surface area contributed by atoms with E-state index in [-0.39, 0.29) is 0 Å². The number of hydrogen-bond donors (Lipinski definition) is 1. The third kappa shape index (κ3) is 3.12. The van der Waals surface area contributed by atoms with Gasteiger partial charge in [0.05, 0.1) is 12.2 Å². The molecule has 1 aliphatic rings. The van der Waals surface area contributed by atoms with Crippen molar-refractivity contribution in [3.05, 3.63) is 17.5 Å². The van der Waals surface area contributed by atoms with Crippen molar-refractivity contribution in [1.29, 1.82) is 0 Å². The lowest BCUT2D eigenvalue weighted by molar-refractivity contribution is 0.0649. The van der Waals surface area contributed by atoms with Crippen LogP contribution in [0.25, 0.3) is 0 Å². The monoisotopic (exact) mass is 251 g/mol. The molecular formula is C14H25N3O. The summed E-state index contributed by atoms with van der Waals surface area (Å²) < 4.78 is 5.41. The molecule has 1 aliphatic heterocycles. The third-order valence-corrected chi connectivity index (χ3v) is 4.04. The average Bonchev–Trinajstić information content (AvgIpc) is 2.73. The van der Waals surface area contributed by atoms with Crippen molar-refractivity contribution in [2.45, 2.75) is 46.3 Å². The highest BCUT2D eigenvalue weighted by molar-refractivity contribution is 5.05. The largest absolute Gasteiger partial charge is 0.360 e. The first-order valence-electron chi connectivity index (χ1n) is 6.93. The zero-order valence-corrected chi connectivity index (χ0v) is 11.9. The number of likely N-dealkylation sites (tertiary alicyclic amines) is 1. The second kappa shape index (κ2) is 5.85. The summed E-state index contributed by atoms with van der Waals surface area (Å²) in [6.45, 7) is 9.82. The SMILES string of the molecule is CNCc1cc(CN2CC(C)CC(C)C2C)on1. The number of nitrogens with zero attached hydrogens (tertiary/aromatic N) is 2. The maximum atomic E-state index is 5.41. The summed E-state index contributed by atoms with van der Waals surface area (Å²) in [4.78, 5) is 2.52. The van der Waals surface area contributed by atoms with E-state index < -0.39 is 0 Å². The van der Waals surface area contributed by atoms with E-state index in [1.165, 1.54) is 6.42 Å². The predicted octanol–water partition coefficient (Wildman–Crippen LogP) is 2.26. The number of nitrogens with one attached hydrogen (secondary N) is 1. The maximum absolute atomic E-state index is 5.41. The highest BCUT2D eigenvalue weighted by Crippen LogP contribution is 2.28. The molecule has 1 fully saturated rings. The average molecular weight is 251 g/mol. The van der Waals surface area contributed by atoms with Gasteiger partial charge >= 0.3 is 0 Å². The van der Waals surface area contributed by atoms with Gasteiger partial charge in [-0.15, -0.1) is 0 Å². The van der Waals surface area contributed by atoms with Crippen LogP contribution in [0.2, 0.25) is 0 Å². The number of aromatic nitrogens is 1. The van der Waals surface area contributed by atoms with Crippen LogP contribution in [-0.4, -0.2) is 29.7 Å². The maximum Gasteiger partial charge on any atom is 0.151 e. The first-order valence-corrected chi connectivity index (χ1v) is 6.93. The van der Waals surface area contributed by atoms with Gasteiger partial charge in [0.2, 0.25) is 0 Å². The predicted molar refractivity (Wildman–Crippen MR) is 72.1 cm³/mol. The second-order valence-electron chi connectivity index (χ2n) is 5.80.